The molecule has 2 aliphatic rings. The smallest absolute Gasteiger partial charge is 0.416 e. The van der Waals surface area contributed by atoms with Crippen LogP contribution in [0, 0.1) is 0 Å². The average molecular weight is 446 g/mol. The Morgan fingerprint density at radius 2 is 0.971 bits per heavy atom. The number of amides is 1. The van der Waals surface area contributed by atoms with Gasteiger partial charge < -0.3 is 5.11 Å². The van der Waals surface area contributed by atoms with Crippen molar-refractivity contribution in [2.45, 2.75) is 38.5 Å². The number of carbonyl (C=O) groups is 1. The van der Waals surface area contributed by atoms with Gasteiger partial charge in [-0.1, -0.05) is 88.4 Å². The topological polar surface area (TPSA) is 40.5 Å². The largest absolute Gasteiger partial charge is 0.464 e. The maximum absolute atomic E-state index is 12.6. The Bertz CT molecular complexity index is 1390. The number of anilines is 2. The summed E-state index contributed by atoms with van der Waals surface area (Å²) in [6, 6.07) is 29.0. The minimum Gasteiger partial charge on any atom is -0.464 e. The molecule has 0 aromatic heterocycles. The molecule has 0 bridgehead atoms. The zero-order chi connectivity index (χ0) is 23.8. The first-order valence-corrected chi connectivity index (χ1v) is 11.7. The van der Waals surface area contributed by atoms with E-state index in [1.165, 1.54) is 38.3 Å². The molecule has 0 atom stereocenters. The highest BCUT2D eigenvalue weighted by Gasteiger charge is 2.38. The Morgan fingerprint density at radius 3 is 1.38 bits per heavy atom. The average Bonchev–Trinajstić information content (AvgIpc) is 3.19. The molecule has 0 aliphatic heterocycles. The molecule has 3 heteroatoms. The molecule has 0 heterocycles. The van der Waals surface area contributed by atoms with Gasteiger partial charge >= 0.3 is 6.09 Å². The third-order valence-electron chi connectivity index (χ3n) is 7.84. The summed E-state index contributed by atoms with van der Waals surface area (Å²) in [7, 11) is 0. The van der Waals surface area contributed by atoms with Crippen molar-refractivity contribution in [1.82, 2.24) is 0 Å². The Morgan fingerprint density at radius 1 is 0.588 bits per heavy atom. The highest BCUT2D eigenvalue weighted by molar-refractivity contribution is 5.97. The summed E-state index contributed by atoms with van der Waals surface area (Å²) in [5, 5.41) is 10.3. The Kier molecular flexibility index (Phi) is 4.17. The molecule has 6 rings (SSSR count). The molecule has 4 aromatic rings. The van der Waals surface area contributed by atoms with E-state index < -0.39 is 6.09 Å². The Labute approximate surface area is 200 Å². The van der Waals surface area contributed by atoms with E-state index in [9.17, 15) is 9.90 Å². The molecule has 1 N–H and O–H groups in total. The fourth-order valence-electron chi connectivity index (χ4n) is 6.03. The number of benzene rings is 4. The normalized spacial score (nSPS) is 15.8. The second kappa shape index (κ2) is 6.83. The van der Waals surface area contributed by atoms with Crippen LogP contribution in [-0.4, -0.2) is 11.2 Å². The molecule has 0 spiro atoms. The van der Waals surface area contributed by atoms with Crippen LogP contribution in [0.3, 0.4) is 0 Å². The van der Waals surface area contributed by atoms with E-state index in [1.54, 1.807) is 0 Å². The fraction of sp³-hybridized carbons (Fsp3) is 0.194. The van der Waals surface area contributed by atoms with E-state index in [0.717, 1.165) is 11.1 Å². The van der Waals surface area contributed by atoms with Crippen LogP contribution in [0.4, 0.5) is 16.2 Å². The lowest BCUT2D eigenvalue weighted by Crippen LogP contribution is -2.25. The first kappa shape index (κ1) is 20.7. The van der Waals surface area contributed by atoms with E-state index in [0.29, 0.717) is 11.4 Å². The van der Waals surface area contributed by atoms with E-state index in [-0.39, 0.29) is 10.8 Å². The van der Waals surface area contributed by atoms with E-state index >= 15 is 0 Å². The van der Waals surface area contributed by atoms with Gasteiger partial charge in [0.2, 0.25) is 0 Å². The van der Waals surface area contributed by atoms with Gasteiger partial charge in [0.15, 0.2) is 0 Å². The van der Waals surface area contributed by atoms with Gasteiger partial charge in [0.1, 0.15) is 0 Å². The maximum Gasteiger partial charge on any atom is 0.416 e. The molecule has 1 amide bonds. The highest BCUT2D eigenvalue weighted by Crippen LogP contribution is 2.51. The summed E-state index contributed by atoms with van der Waals surface area (Å²) < 4.78 is 0. The number of hydrogen-bond acceptors (Lipinski definition) is 1. The van der Waals surface area contributed by atoms with Crippen molar-refractivity contribution >= 4 is 17.5 Å². The number of fused-ring (bicyclic) bond motifs is 6. The molecule has 34 heavy (non-hydrogen) atoms. The quantitative estimate of drug-likeness (QED) is 0.338. The van der Waals surface area contributed by atoms with Crippen LogP contribution >= 0.6 is 0 Å². The van der Waals surface area contributed by atoms with Crippen molar-refractivity contribution in [2.24, 2.45) is 0 Å². The second-order valence-electron chi connectivity index (χ2n) is 10.4. The van der Waals surface area contributed by atoms with Crippen LogP contribution in [0.15, 0.2) is 84.9 Å². The SMILES string of the molecule is CC1(C)c2ccccc2-c2ccc(N(C(=O)O)c3ccc4c(c3)C(C)(C)c3ccccc3-4)cc21. The molecule has 168 valence electrons. The highest BCUT2D eigenvalue weighted by atomic mass is 16.4. The lowest BCUT2D eigenvalue weighted by Gasteiger charge is -2.26. The molecule has 4 aromatic carbocycles. The molecule has 0 saturated carbocycles. The van der Waals surface area contributed by atoms with Crippen molar-refractivity contribution in [3.05, 3.63) is 107 Å². The summed E-state index contributed by atoms with van der Waals surface area (Å²) in [6.07, 6.45) is -0.985. The van der Waals surface area contributed by atoms with Crippen molar-refractivity contribution in [2.75, 3.05) is 4.90 Å². The lowest BCUT2D eigenvalue weighted by atomic mass is 9.82. The predicted molar refractivity (Wildman–Crippen MR) is 138 cm³/mol. The first-order chi connectivity index (χ1) is 16.2. The molecular formula is C31H27NO2. The van der Waals surface area contributed by atoms with Crippen molar-refractivity contribution in [3.63, 3.8) is 0 Å². The summed E-state index contributed by atoms with van der Waals surface area (Å²) >= 11 is 0. The number of nitrogens with zero attached hydrogens (tertiary/aromatic N) is 1. The molecule has 0 unspecified atom stereocenters. The Hall–Kier alpha value is -3.85. The minimum absolute atomic E-state index is 0.187. The monoisotopic (exact) mass is 445 g/mol. The maximum atomic E-state index is 12.6. The van der Waals surface area contributed by atoms with Crippen LogP contribution in [0.1, 0.15) is 49.9 Å². The van der Waals surface area contributed by atoms with E-state index in [2.05, 4.69) is 100 Å². The van der Waals surface area contributed by atoms with Crippen LogP contribution in [0.5, 0.6) is 0 Å². The predicted octanol–water partition coefficient (Wildman–Crippen LogP) is 8.12. The molecule has 0 radical (unpaired) electrons. The van der Waals surface area contributed by atoms with Gasteiger partial charge in [0, 0.05) is 10.8 Å². The third kappa shape index (κ3) is 2.67. The zero-order valence-corrected chi connectivity index (χ0v) is 19.9. The minimum atomic E-state index is -0.985. The van der Waals surface area contributed by atoms with E-state index in [1.807, 2.05) is 12.1 Å². The van der Waals surface area contributed by atoms with Crippen molar-refractivity contribution in [3.8, 4) is 22.3 Å². The van der Waals surface area contributed by atoms with Gasteiger partial charge in [-0.15, -0.1) is 0 Å². The van der Waals surface area contributed by atoms with Crippen molar-refractivity contribution < 1.29 is 9.90 Å². The number of carboxylic acid groups (broad SMARTS) is 1. The van der Waals surface area contributed by atoms with Gasteiger partial charge in [-0.2, -0.15) is 0 Å². The first-order valence-electron chi connectivity index (χ1n) is 11.7. The van der Waals surface area contributed by atoms with Gasteiger partial charge in [0.05, 0.1) is 11.4 Å². The molecule has 2 aliphatic carbocycles. The summed E-state index contributed by atoms with van der Waals surface area (Å²) in [5.74, 6) is 0. The van der Waals surface area contributed by atoms with Crippen molar-refractivity contribution in [1.29, 1.82) is 0 Å². The van der Waals surface area contributed by atoms with Gasteiger partial charge in [-0.25, -0.2) is 9.69 Å². The van der Waals surface area contributed by atoms with Crippen LogP contribution < -0.4 is 4.90 Å². The molecule has 0 saturated heterocycles. The van der Waals surface area contributed by atoms with Crippen LogP contribution in [0.2, 0.25) is 0 Å². The van der Waals surface area contributed by atoms with E-state index in [4.69, 9.17) is 0 Å². The summed E-state index contributed by atoms with van der Waals surface area (Å²) in [6.45, 7) is 8.84. The molecular weight excluding hydrogens is 418 g/mol. The standard InChI is InChI=1S/C31H27NO2/c1-30(2)25-11-7-5-9-21(25)23-15-13-19(17-27(23)30)32(29(33)34)20-14-16-24-22-10-6-8-12-26(22)31(3,4)28(24)18-20/h5-18H,1-4H3,(H,33,34). The fourth-order valence-corrected chi connectivity index (χ4v) is 6.03. The summed E-state index contributed by atoms with van der Waals surface area (Å²) in [4.78, 5) is 14.0. The molecule has 3 nitrogen and oxygen atoms in total. The Balaban J connectivity index is 1.48. The van der Waals surface area contributed by atoms with Gasteiger partial charge in [-0.05, 0) is 68.8 Å². The van der Waals surface area contributed by atoms with Crippen LogP contribution in [0.25, 0.3) is 22.3 Å². The number of rotatable bonds is 2. The second-order valence-corrected chi connectivity index (χ2v) is 10.4. The third-order valence-corrected chi connectivity index (χ3v) is 7.84. The molecule has 0 fully saturated rings. The van der Waals surface area contributed by atoms with Gasteiger partial charge in [-0.3, -0.25) is 0 Å². The number of hydrogen-bond donors (Lipinski definition) is 1. The summed E-state index contributed by atoms with van der Waals surface area (Å²) in [5.41, 5.74) is 10.7. The lowest BCUT2D eigenvalue weighted by molar-refractivity contribution is 0.205. The van der Waals surface area contributed by atoms with Gasteiger partial charge in [0.25, 0.3) is 0 Å². The van der Waals surface area contributed by atoms with Crippen LogP contribution in [-0.2, 0) is 10.8 Å². The zero-order valence-electron chi connectivity index (χ0n) is 19.9.